The van der Waals surface area contributed by atoms with Crippen molar-refractivity contribution in [1.82, 2.24) is 10.6 Å². The Labute approximate surface area is 90.5 Å². The molecule has 2 unspecified atom stereocenters. The van der Waals surface area contributed by atoms with Gasteiger partial charge in [0.2, 0.25) is 5.91 Å². The van der Waals surface area contributed by atoms with E-state index in [4.69, 9.17) is 9.47 Å². The van der Waals surface area contributed by atoms with E-state index in [1.54, 1.807) is 7.11 Å². The van der Waals surface area contributed by atoms with Gasteiger partial charge in [0.05, 0.1) is 19.8 Å². The van der Waals surface area contributed by atoms with Gasteiger partial charge < -0.3 is 20.1 Å². The van der Waals surface area contributed by atoms with Crippen molar-refractivity contribution >= 4 is 5.91 Å². The van der Waals surface area contributed by atoms with Crippen LogP contribution in [-0.4, -0.2) is 51.5 Å². The van der Waals surface area contributed by atoms with Crippen LogP contribution in [0.2, 0.25) is 0 Å². The summed E-state index contributed by atoms with van der Waals surface area (Å²) in [6.45, 7) is 4.64. The van der Waals surface area contributed by atoms with Gasteiger partial charge in [0.25, 0.3) is 0 Å². The molecular formula is C10H20N2O3. The number of nitrogens with one attached hydrogen (secondary N) is 2. The Hall–Kier alpha value is -0.650. The van der Waals surface area contributed by atoms with E-state index in [2.05, 4.69) is 10.6 Å². The second-order valence-corrected chi connectivity index (χ2v) is 3.85. The Kier molecular flexibility index (Phi) is 5.60. The van der Waals surface area contributed by atoms with E-state index in [0.29, 0.717) is 19.6 Å². The molecule has 0 aliphatic carbocycles. The van der Waals surface area contributed by atoms with Gasteiger partial charge in [-0.2, -0.15) is 0 Å². The molecule has 88 valence electrons. The summed E-state index contributed by atoms with van der Waals surface area (Å²) in [7, 11) is 1.62. The molecular weight excluding hydrogens is 196 g/mol. The molecule has 2 atom stereocenters. The zero-order valence-electron chi connectivity index (χ0n) is 9.41. The summed E-state index contributed by atoms with van der Waals surface area (Å²) < 4.78 is 10.2. The third kappa shape index (κ3) is 5.11. The largest absolute Gasteiger partial charge is 0.383 e. The standard InChI is InChI=1S/C10H20N2O3/c1-8(6-14-2)12-10(13)5-9-7-15-4-3-11-9/h8-9,11H,3-7H2,1-2H3,(H,12,13). The Morgan fingerprint density at radius 1 is 1.73 bits per heavy atom. The van der Waals surface area contributed by atoms with E-state index in [1.807, 2.05) is 6.92 Å². The summed E-state index contributed by atoms with van der Waals surface area (Å²) in [5.74, 6) is 0.0440. The molecule has 1 saturated heterocycles. The molecule has 0 spiro atoms. The van der Waals surface area contributed by atoms with Gasteiger partial charge in [-0.05, 0) is 6.92 Å². The zero-order chi connectivity index (χ0) is 11.1. The number of morpholine rings is 1. The van der Waals surface area contributed by atoms with Crippen LogP contribution in [0.1, 0.15) is 13.3 Å². The van der Waals surface area contributed by atoms with Crippen molar-refractivity contribution in [2.24, 2.45) is 0 Å². The highest BCUT2D eigenvalue weighted by Crippen LogP contribution is 1.98. The Morgan fingerprint density at radius 2 is 2.53 bits per heavy atom. The smallest absolute Gasteiger partial charge is 0.221 e. The van der Waals surface area contributed by atoms with Crippen LogP contribution in [0.4, 0.5) is 0 Å². The fourth-order valence-corrected chi connectivity index (χ4v) is 1.60. The molecule has 2 N–H and O–H groups in total. The van der Waals surface area contributed by atoms with Crippen molar-refractivity contribution in [3.8, 4) is 0 Å². The predicted molar refractivity (Wildman–Crippen MR) is 56.7 cm³/mol. The molecule has 5 heteroatoms. The van der Waals surface area contributed by atoms with Gasteiger partial charge in [-0.1, -0.05) is 0 Å². The number of carbonyl (C=O) groups is 1. The zero-order valence-corrected chi connectivity index (χ0v) is 9.41. The number of methoxy groups -OCH3 is 1. The summed E-state index contributed by atoms with van der Waals surface area (Å²) in [6.07, 6.45) is 0.466. The van der Waals surface area contributed by atoms with Gasteiger partial charge in [0, 0.05) is 32.2 Å². The lowest BCUT2D eigenvalue weighted by Gasteiger charge is -2.24. The lowest BCUT2D eigenvalue weighted by atomic mass is 10.2. The van der Waals surface area contributed by atoms with E-state index >= 15 is 0 Å². The van der Waals surface area contributed by atoms with Gasteiger partial charge >= 0.3 is 0 Å². The lowest BCUT2D eigenvalue weighted by Crippen LogP contribution is -2.45. The molecule has 1 aliphatic rings. The van der Waals surface area contributed by atoms with Crippen molar-refractivity contribution in [2.75, 3.05) is 33.5 Å². The molecule has 1 heterocycles. The van der Waals surface area contributed by atoms with Crippen LogP contribution in [-0.2, 0) is 14.3 Å². The molecule has 0 aromatic carbocycles. The minimum absolute atomic E-state index is 0.0440. The Bertz CT molecular complexity index is 193. The second kappa shape index (κ2) is 6.76. The first kappa shape index (κ1) is 12.4. The van der Waals surface area contributed by atoms with Gasteiger partial charge in [0.15, 0.2) is 0 Å². The maximum absolute atomic E-state index is 11.5. The first-order chi connectivity index (χ1) is 7.22. The van der Waals surface area contributed by atoms with Gasteiger partial charge in [-0.15, -0.1) is 0 Å². The van der Waals surface area contributed by atoms with Crippen LogP contribution in [0.3, 0.4) is 0 Å². The highest BCUT2D eigenvalue weighted by atomic mass is 16.5. The molecule has 0 aromatic heterocycles. The van der Waals surface area contributed by atoms with E-state index in [1.165, 1.54) is 0 Å². The second-order valence-electron chi connectivity index (χ2n) is 3.85. The van der Waals surface area contributed by atoms with Gasteiger partial charge in [0.1, 0.15) is 0 Å². The summed E-state index contributed by atoms with van der Waals surface area (Å²) in [5, 5.41) is 6.11. The van der Waals surface area contributed by atoms with Crippen LogP contribution in [0.15, 0.2) is 0 Å². The molecule has 1 rings (SSSR count). The molecule has 0 bridgehead atoms. The number of ether oxygens (including phenoxy) is 2. The molecule has 0 saturated carbocycles. The van der Waals surface area contributed by atoms with Crippen LogP contribution in [0.5, 0.6) is 0 Å². The monoisotopic (exact) mass is 216 g/mol. The van der Waals surface area contributed by atoms with Crippen LogP contribution in [0.25, 0.3) is 0 Å². The van der Waals surface area contributed by atoms with Crippen molar-refractivity contribution in [1.29, 1.82) is 0 Å². The summed E-state index contributed by atoms with van der Waals surface area (Å²) in [4.78, 5) is 11.5. The average Bonchev–Trinajstić information content (AvgIpc) is 2.19. The fourth-order valence-electron chi connectivity index (χ4n) is 1.60. The van der Waals surface area contributed by atoms with Gasteiger partial charge in [-0.25, -0.2) is 0 Å². The quantitative estimate of drug-likeness (QED) is 0.651. The number of hydrogen-bond acceptors (Lipinski definition) is 4. The predicted octanol–water partition coefficient (Wildman–Crippen LogP) is -0.484. The number of hydrogen-bond donors (Lipinski definition) is 2. The van der Waals surface area contributed by atoms with Crippen molar-refractivity contribution < 1.29 is 14.3 Å². The lowest BCUT2D eigenvalue weighted by molar-refractivity contribution is -0.123. The van der Waals surface area contributed by atoms with Crippen LogP contribution < -0.4 is 10.6 Å². The van der Waals surface area contributed by atoms with E-state index in [0.717, 1.165) is 13.2 Å². The van der Waals surface area contributed by atoms with Crippen LogP contribution in [0, 0.1) is 0 Å². The summed E-state index contributed by atoms with van der Waals surface area (Å²) in [5.41, 5.74) is 0. The first-order valence-corrected chi connectivity index (χ1v) is 5.31. The van der Waals surface area contributed by atoms with Crippen molar-refractivity contribution in [3.05, 3.63) is 0 Å². The van der Waals surface area contributed by atoms with E-state index < -0.39 is 0 Å². The van der Waals surface area contributed by atoms with Gasteiger partial charge in [-0.3, -0.25) is 4.79 Å². The summed E-state index contributed by atoms with van der Waals surface area (Å²) >= 11 is 0. The topological polar surface area (TPSA) is 59.6 Å². The first-order valence-electron chi connectivity index (χ1n) is 5.31. The fraction of sp³-hybridized carbons (Fsp3) is 0.900. The molecule has 15 heavy (non-hydrogen) atoms. The maximum Gasteiger partial charge on any atom is 0.221 e. The van der Waals surface area contributed by atoms with Crippen molar-refractivity contribution in [3.63, 3.8) is 0 Å². The third-order valence-corrected chi connectivity index (χ3v) is 2.25. The SMILES string of the molecule is COCC(C)NC(=O)CC1COCCN1. The van der Waals surface area contributed by atoms with Crippen LogP contribution >= 0.6 is 0 Å². The molecule has 1 aliphatic heterocycles. The normalized spacial score (nSPS) is 23.5. The summed E-state index contributed by atoms with van der Waals surface area (Å²) in [6, 6.07) is 0.209. The van der Waals surface area contributed by atoms with E-state index in [9.17, 15) is 4.79 Å². The third-order valence-electron chi connectivity index (χ3n) is 2.25. The average molecular weight is 216 g/mol. The highest BCUT2D eigenvalue weighted by molar-refractivity contribution is 5.76. The number of amides is 1. The highest BCUT2D eigenvalue weighted by Gasteiger charge is 2.17. The molecule has 5 nitrogen and oxygen atoms in total. The molecule has 1 amide bonds. The Morgan fingerprint density at radius 3 is 3.13 bits per heavy atom. The molecule has 1 fully saturated rings. The maximum atomic E-state index is 11.5. The molecule has 0 aromatic rings. The Balaban J connectivity index is 2.16. The number of rotatable bonds is 5. The van der Waals surface area contributed by atoms with E-state index in [-0.39, 0.29) is 18.0 Å². The van der Waals surface area contributed by atoms with Crippen molar-refractivity contribution in [2.45, 2.75) is 25.4 Å². The minimum Gasteiger partial charge on any atom is -0.383 e. The minimum atomic E-state index is 0.0440. The number of carbonyl (C=O) groups excluding carboxylic acids is 1. The molecule has 0 radical (unpaired) electrons.